The van der Waals surface area contributed by atoms with Gasteiger partial charge >= 0.3 is 6.09 Å². The molecule has 1 saturated heterocycles. The van der Waals surface area contributed by atoms with E-state index in [0.717, 1.165) is 29.7 Å². The normalized spacial score (nSPS) is 19.2. The summed E-state index contributed by atoms with van der Waals surface area (Å²) in [7, 11) is 0. The first-order valence-electron chi connectivity index (χ1n) is 7.19. The molecule has 1 unspecified atom stereocenters. The molecule has 0 bridgehead atoms. The third-order valence-electron chi connectivity index (χ3n) is 3.17. The lowest BCUT2D eigenvalue weighted by molar-refractivity contribution is 0.0206. The number of hydrogen-bond acceptors (Lipinski definition) is 4. The Hall–Kier alpha value is -1.30. The Morgan fingerprint density at radius 2 is 2.24 bits per heavy atom. The van der Waals surface area contributed by atoms with Gasteiger partial charge in [-0.05, 0) is 61.7 Å². The highest BCUT2D eigenvalue weighted by molar-refractivity contribution is 9.10. The summed E-state index contributed by atoms with van der Waals surface area (Å²) in [4.78, 5) is 18.1. The second-order valence-electron chi connectivity index (χ2n) is 6.28. The maximum absolute atomic E-state index is 12.1. The summed E-state index contributed by atoms with van der Waals surface area (Å²) in [5, 5.41) is 3.42. The number of piperidine rings is 1. The zero-order chi connectivity index (χ0) is 15.5. The van der Waals surface area contributed by atoms with Gasteiger partial charge < -0.3 is 15.0 Å². The van der Waals surface area contributed by atoms with E-state index in [1.54, 1.807) is 11.1 Å². The molecule has 116 valence electrons. The number of ether oxygens (including phenoxy) is 1. The Bertz CT molecular complexity index is 485. The van der Waals surface area contributed by atoms with E-state index in [-0.39, 0.29) is 12.1 Å². The van der Waals surface area contributed by atoms with Crippen LogP contribution in [0.1, 0.15) is 33.6 Å². The van der Waals surface area contributed by atoms with Gasteiger partial charge in [0.2, 0.25) is 0 Å². The maximum atomic E-state index is 12.1. The minimum atomic E-state index is -0.451. The molecule has 0 saturated carbocycles. The SMILES string of the molecule is CC(C)(C)OC(=O)N1CCCC(Nc2ccc(Br)nc2)C1. The minimum Gasteiger partial charge on any atom is -0.444 e. The van der Waals surface area contributed by atoms with Crippen LogP contribution < -0.4 is 5.32 Å². The van der Waals surface area contributed by atoms with Crippen LogP contribution in [-0.2, 0) is 4.74 Å². The van der Waals surface area contributed by atoms with Crippen LogP contribution in [0.2, 0.25) is 0 Å². The van der Waals surface area contributed by atoms with Crippen LogP contribution in [0.15, 0.2) is 22.9 Å². The summed E-state index contributed by atoms with van der Waals surface area (Å²) >= 11 is 3.32. The van der Waals surface area contributed by atoms with Crippen LogP contribution in [-0.4, -0.2) is 40.7 Å². The number of rotatable bonds is 2. The minimum absolute atomic E-state index is 0.231. The monoisotopic (exact) mass is 355 g/mol. The number of aromatic nitrogens is 1. The van der Waals surface area contributed by atoms with Crippen molar-refractivity contribution in [1.82, 2.24) is 9.88 Å². The van der Waals surface area contributed by atoms with Gasteiger partial charge in [0.05, 0.1) is 11.9 Å². The van der Waals surface area contributed by atoms with Gasteiger partial charge in [-0.25, -0.2) is 9.78 Å². The molecule has 1 N–H and O–H groups in total. The second-order valence-corrected chi connectivity index (χ2v) is 7.09. The van der Waals surface area contributed by atoms with Crippen LogP contribution in [0.5, 0.6) is 0 Å². The third kappa shape index (κ3) is 5.19. The fraction of sp³-hybridized carbons (Fsp3) is 0.600. The highest BCUT2D eigenvalue weighted by Gasteiger charge is 2.27. The van der Waals surface area contributed by atoms with Crippen LogP contribution in [0, 0.1) is 0 Å². The number of pyridine rings is 1. The summed E-state index contributed by atoms with van der Waals surface area (Å²) in [5.41, 5.74) is 0.516. The molecule has 2 heterocycles. The summed E-state index contributed by atoms with van der Waals surface area (Å²) in [6.07, 6.45) is 3.56. The van der Waals surface area contributed by atoms with E-state index >= 15 is 0 Å². The van der Waals surface area contributed by atoms with Crippen LogP contribution in [0.25, 0.3) is 0 Å². The Morgan fingerprint density at radius 1 is 1.48 bits per heavy atom. The average Bonchev–Trinajstić information content (AvgIpc) is 2.40. The van der Waals surface area contributed by atoms with E-state index in [1.165, 1.54) is 0 Å². The fourth-order valence-electron chi connectivity index (χ4n) is 2.28. The number of halogens is 1. The Kier molecular flexibility index (Phi) is 5.08. The molecular weight excluding hydrogens is 334 g/mol. The molecular formula is C15H22BrN3O2. The van der Waals surface area contributed by atoms with E-state index in [4.69, 9.17) is 4.74 Å². The van der Waals surface area contributed by atoms with Crippen molar-refractivity contribution in [3.05, 3.63) is 22.9 Å². The number of nitrogens with zero attached hydrogens (tertiary/aromatic N) is 2. The van der Waals surface area contributed by atoms with Gasteiger partial charge in [0.25, 0.3) is 0 Å². The second kappa shape index (κ2) is 6.64. The molecule has 0 aliphatic carbocycles. The quantitative estimate of drug-likeness (QED) is 0.822. The van der Waals surface area contributed by atoms with E-state index in [9.17, 15) is 4.79 Å². The zero-order valence-electron chi connectivity index (χ0n) is 12.7. The van der Waals surface area contributed by atoms with Gasteiger partial charge in [-0.2, -0.15) is 0 Å². The van der Waals surface area contributed by atoms with Crippen LogP contribution >= 0.6 is 15.9 Å². The molecule has 0 spiro atoms. The first kappa shape index (κ1) is 16.1. The fourth-order valence-corrected chi connectivity index (χ4v) is 2.52. The number of carbonyl (C=O) groups is 1. The zero-order valence-corrected chi connectivity index (χ0v) is 14.3. The summed E-state index contributed by atoms with van der Waals surface area (Å²) in [6.45, 7) is 7.07. The Balaban J connectivity index is 1.91. The van der Waals surface area contributed by atoms with E-state index < -0.39 is 5.60 Å². The maximum Gasteiger partial charge on any atom is 0.410 e. The topological polar surface area (TPSA) is 54.5 Å². The highest BCUT2D eigenvalue weighted by Crippen LogP contribution is 2.19. The molecule has 5 nitrogen and oxygen atoms in total. The molecule has 1 aromatic rings. The smallest absolute Gasteiger partial charge is 0.410 e. The number of anilines is 1. The average molecular weight is 356 g/mol. The van der Waals surface area contributed by atoms with E-state index in [0.29, 0.717) is 6.54 Å². The molecule has 1 atom stereocenters. The lowest BCUT2D eigenvalue weighted by atomic mass is 10.1. The molecule has 1 aromatic heterocycles. The Labute approximate surface area is 134 Å². The summed E-state index contributed by atoms with van der Waals surface area (Å²) in [6, 6.07) is 4.11. The number of carbonyl (C=O) groups excluding carboxylic acids is 1. The summed E-state index contributed by atoms with van der Waals surface area (Å²) < 4.78 is 6.24. The van der Waals surface area contributed by atoms with Crippen molar-refractivity contribution in [3.63, 3.8) is 0 Å². The van der Waals surface area contributed by atoms with Gasteiger partial charge in [-0.1, -0.05) is 0 Å². The van der Waals surface area contributed by atoms with Crippen molar-refractivity contribution in [2.24, 2.45) is 0 Å². The van der Waals surface area contributed by atoms with E-state index in [2.05, 4.69) is 26.2 Å². The number of hydrogen-bond donors (Lipinski definition) is 1. The predicted molar refractivity (Wildman–Crippen MR) is 86.4 cm³/mol. The van der Waals surface area contributed by atoms with Gasteiger partial charge in [0, 0.05) is 19.1 Å². The Morgan fingerprint density at radius 3 is 2.86 bits per heavy atom. The highest BCUT2D eigenvalue weighted by atomic mass is 79.9. The van der Waals surface area contributed by atoms with Crippen LogP contribution in [0.3, 0.4) is 0 Å². The van der Waals surface area contributed by atoms with Crippen LogP contribution in [0.4, 0.5) is 10.5 Å². The number of amides is 1. The molecule has 1 amide bonds. The molecule has 0 radical (unpaired) electrons. The molecule has 1 fully saturated rings. The summed E-state index contributed by atoms with van der Waals surface area (Å²) in [5.74, 6) is 0. The first-order chi connectivity index (χ1) is 9.83. The van der Waals surface area contributed by atoms with Gasteiger partial charge in [0.15, 0.2) is 0 Å². The lowest BCUT2D eigenvalue weighted by Gasteiger charge is -2.34. The molecule has 0 aromatic carbocycles. The molecule has 1 aliphatic rings. The van der Waals surface area contributed by atoms with Crippen molar-refractivity contribution in [3.8, 4) is 0 Å². The number of likely N-dealkylation sites (tertiary alicyclic amines) is 1. The van der Waals surface area contributed by atoms with Gasteiger partial charge in [-0.3, -0.25) is 0 Å². The van der Waals surface area contributed by atoms with Crippen molar-refractivity contribution in [1.29, 1.82) is 0 Å². The van der Waals surface area contributed by atoms with Crippen molar-refractivity contribution >= 4 is 27.7 Å². The lowest BCUT2D eigenvalue weighted by Crippen LogP contribution is -2.46. The van der Waals surface area contributed by atoms with Gasteiger partial charge in [-0.15, -0.1) is 0 Å². The molecule has 2 rings (SSSR count). The van der Waals surface area contributed by atoms with Crippen molar-refractivity contribution in [2.75, 3.05) is 18.4 Å². The molecule has 1 aliphatic heterocycles. The van der Waals surface area contributed by atoms with Crippen molar-refractivity contribution < 1.29 is 9.53 Å². The standard InChI is InChI=1S/C15H22BrN3O2/c1-15(2,3)21-14(20)19-8-4-5-12(10-19)18-11-6-7-13(16)17-9-11/h6-7,9,12,18H,4-5,8,10H2,1-3H3. The number of nitrogens with one attached hydrogen (secondary N) is 1. The predicted octanol–water partition coefficient (Wildman–Crippen LogP) is 3.66. The van der Waals surface area contributed by atoms with Gasteiger partial charge in [0.1, 0.15) is 10.2 Å². The first-order valence-corrected chi connectivity index (χ1v) is 7.99. The molecule has 21 heavy (non-hydrogen) atoms. The third-order valence-corrected chi connectivity index (χ3v) is 3.64. The largest absolute Gasteiger partial charge is 0.444 e. The van der Waals surface area contributed by atoms with Crippen molar-refractivity contribution in [2.45, 2.75) is 45.3 Å². The molecule has 6 heteroatoms. The van der Waals surface area contributed by atoms with E-state index in [1.807, 2.05) is 32.9 Å².